The molecule has 7 nitrogen and oxygen atoms in total. The van der Waals surface area contributed by atoms with Gasteiger partial charge in [0.1, 0.15) is 19.0 Å². The number of halogens is 1. The molecule has 1 heterocycles. The lowest BCUT2D eigenvalue weighted by Gasteiger charge is -2.23. The topological polar surface area (TPSA) is 84.9 Å². The van der Waals surface area contributed by atoms with Gasteiger partial charge in [-0.05, 0) is 55.0 Å². The molecule has 0 aromatic heterocycles. The largest absolute Gasteiger partial charge is 0.486 e. The third-order valence-electron chi connectivity index (χ3n) is 5.50. The second kappa shape index (κ2) is 9.72. The van der Waals surface area contributed by atoms with Crippen molar-refractivity contribution in [3.8, 4) is 11.5 Å². The van der Waals surface area contributed by atoms with Crippen molar-refractivity contribution < 1.29 is 27.1 Å². The highest BCUT2D eigenvalue weighted by Crippen LogP contribution is 2.32. The molecule has 1 aliphatic heterocycles. The normalized spacial score (nSPS) is 13.7. The van der Waals surface area contributed by atoms with Crippen molar-refractivity contribution in [3.63, 3.8) is 0 Å². The number of benzene rings is 3. The van der Waals surface area contributed by atoms with E-state index in [2.05, 4.69) is 5.32 Å². The Labute approximate surface area is 198 Å². The van der Waals surface area contributed by atoms with Crippen LogP contribution < -0.4 is 19.1 Å². The van der Waals surface area contributed by atoms with Gasteiger partial charge in [-0.25, -0.2) is 12.8 Å². The molecule has 4 rings (SSSR count). The summed E-state index contributed by atoms with van der Waals surface area (Å²) in [4.78, 5) is 12.8. The summed E-state index contributed by atoms with van der Waals surface area (Å²) < 4.78 is 51.1. The minimum absolute atomic E-state index is 0.155. The molecular weight excluding hydrogens is 459 g/mol. The van der Waals surface area contributed by atoms with Crippen molar-refractivity contribution >= 4 is 21.6 Å². The quantitative estimate of drug-likeness (QED) is 0.547. The van der Waals surface area contributed by atoms with E-state index in [-0.39, 0.29) is 24.1 Å². The van der Waals surface area contributed by atoms with Crippen LogP contribution in [0.25, 0.3) is 0 Å². The van der Waals surface area contributed by atoms with Crippen LogP contribution >= 0.6 is 0 Å². The van der Waals surface area contributed by atoms with Crippen LogP contribution in [0.4, 0.5) is 10.1 Å². The highest BCUT2D eigenvalue weighted by molar-refractivity contribution is 7.92. The lowest BCUT2D eigenvalue weighted by molar-refractivity contribution is 0.0939. The highest BCUT2D eigenvalue weighted by Gasteiger charge is 2.21. The van der Waals surface area contributed by atoms with Gasteiger partial charge in [-0.15, -0.1) is 0 Å². The number of nitrogens with one attached hydrogen (secondary N) is 1. The summed E-state index contributed by atoms with van der Waals surface area (Å²) in [5.41, 5.74) is 1.82. The Balaban J connectivity index is 1.48. The fourth-order valence-corrected chi connectivity index (χ4v) is 4.53. The molecule has 0 aliphatic carbocycles. The number of carbonyl (C=O) groups is 1. The van der Waals surface area contributed by atoms with Gasteiger partial charge in [0, 0.05) is 11.1 Å². The summed E-state index contributed by atoms with van der Waals surface area (Å²) in [6, 6.07) is 17.4. The van der Waals surface area contributed by atoms with E-state index >= 15 is 0 Å². The fraction of sp³-hybridized carbons (Fsp3) is 0.240. The van der Waals surface area contributed by atoms with E-state index in [4.69, 9.17) is 9.47 Å². The lowest BCUT2D eigenvalue weighted by Crippen LogP contribution is -2.30. The van der Waals surface area contributed by atoms with Crippen molar-refractivity contribution in [2.24, 2.45) is 0 Å². The maximum atomic E-state index is 14.1. The average molecular weight is 485 g/mol. The van der Waals surface area contributed by atoms with Crippen LogP contribution in [0.3, 0.4) is 0 Å². The minimum Gasteiger partial charge on any atom is -0.486 e. The van der Waals surface area contributed by atoms with E-state index in [1.54, 1.807) is 24.3 Å². The number of ether oxygens (including phenoxy) is 2. The molecular formula is C25H25FN2O5S. The number of hydrogen-bond donors (Lipinski definition) is 1. The van der Waals surface area contributed by atoms with Crippen LogP contribution in [0, 0.1) is 5.82 Å². The van der Waals surface area contributed by atoms with Crippen molar-refractivity contribution in [3.05, 3.63) is 89.2 Å². The number of fused-ring (bicyclic) bond motifs is 1. The Morgan fingerprint density at radius 1 is 1.03 bits per heavy atom. The molecule has 3 aromatic carbocycles. The monoisotopic (exact) mass is 484 g/mol. The molecule has 1 atom stereocenters. The van der Waals surface area contributed by atoms with Gasteiger partial charge in [0.25, 0.3) is 5.91 Å². The molecule has 0 unspecified atom stereocenters. The maximum Gasteiger partial charge on any atom is 0.251 e. The van der Waals surface area contributed by atoms with Crippen molar-refractivity contribution in [2.45, 2.75) is 19.5 Å². The minimum atomic E-state index is -3.68. The predicted molar refractivity (Wildman–Crippen MR) is 127 cm³/mol. The molecule has 1 amide bonds. The second-order valence-electron chi connectivity index (χ2n) is 8.01. The molecule has 0 bridgehead atoms. The predicted octanol–water partition coefficient (Wildman–Crippen LogP) is 4.05. The zero-order valence-corrected chi connectivity index (χ0v) is 19.6. The highest BCUT2D eigenvalue weighted by atomic mass is 32.2. The Morgan fingerprint density at radius 2 is 1.71 bits per heavy atom. The van der Waals surface area contributed by atoms with E-state index < -0.39 is 15.8 Å². The van der Waals surface area contributed by atoms with Gasteiger partial charge in [0.2, 0.25) is 10.0 Å². The standard InChI is InChI=1S/C25H25FN2O5S/c1-17(19-9-12-23-24(15-19)33-14-13-32-23)27-25(29)18-7-10-21(11-8-18)28(34(2,30)31)16-20-5-3-4-6-22(20)26/h3-12,15,17H,13-14,16H2,1-2H3,(H,27,29)/t17-/m0/s1. The SMILES string of the molecule is C[C@H](NC(=O)c1ccc(N(Cc2ccccc2F)S(C)(=O)=O)cc1)c1ccc2c(c1)OCCO2. The second-order valence-corrected chi connectivity index (χ2v) is 9.91. The van der Waals surface area contributed by atoms with Gasteiger partial charge in [-0.3, -0.25) is 9.10 Å². The molecule has 0 fully saturated rings. The summed E-state index contributed by atoms with van der Waals surface area (Å²) in [5, 5.41) is 2.93. The first-order valence-electron chi connectivity index (χ1n) is 10.7. The van der Waals surface area contributed by atoms with Gasteiger partial charge in [0.05, 0.1) is 24.5 Å². The maximum absolute atomic E-state index is 14.1. The smallest absolute Gasteiger partial charge is 0.251 e. The van der Waals surface area contributed by atoms with Gasteiger partial charge in [-0.1, -0.05) is 24.3 Å². The van der Waals surface area contributed by atoms with Crippen molar-refractivity contribution in [1.82, 2.24) is 5.32 Å². The number of sulfonamides is 1. The molecule has 0 saturated carbocycles. The number of nitrogens with zero attached hydrogens (tertiary/aromatic N) is 1. The molecule has 1 N–H and O–H groups in total. The van der Waals surface area contributed by atoms with Crippen molar-refractivity contribution in [2.75, 3.05) is 23.8 Å². The molecule has 0 saturated heterocycles. The Hall–Kier alpha value is -3.59. The molecule has 178 valence electrons. The average Bonchev–Trinajstić information content (AvgIpc) is 2.82. The zero-order chi connectivity index (χ0) is 24.3. The van der Waals surface area contributed by atoms with E-state index in [1.165, 1.54) is 24.3 Å². The first-order valence-corrected chi connectivity index (χ1v) is 12.6. The first kappa shape index (κ1) is 23.6. The Morgan fingerprint density at radius 3 is 2.38 bits per heavy atom. The molecule has 0 spiro atoms. The lowest BCUT2D eigenvalue weighted by atomic mass is 10.1. The Kier molecular flexibility index (Phi) is 6.74. The van der Waals surface area contributed by atoms with Gasteiger partial charge < -0.3 is 14.8 Å². The summed E-state index contributed by atoms with van der Waals surface area (Å²) in [6.45, 7) is 2.69. The summed E-state index contributed by atoms with van der Waals surface area (Å²) in [6.07, 6.45) is 1.06. The number of carbonyl (C=O) groups excluding carboxylic acids is 1. The van der Waals surface area contributed by atoms with E-state index in [0.717, 1.165) is 16.1 Å². The summed E-state index contributed by atoms with van der Waals surface area (Å²) in [7, 11) is -3.68. The number of amides is 1. The van der Waals surface area contributed by atoms with Crippen LogP contribution in [-0.2, 0) is 16.6 Å². The molecule has 0 radical (unpaired) electrons. The summed E-state index contributed by atoms with van der Waals surface area (Å²) >= 11 is 0. The molecule has 3 aromatic rings. The summed E-state index contributed by atoms with van der Waals surface area (Å²) in [5.74, 6) is 0.522. The first-order chi connectivity index (χ1) is 16.2. The van der Waals surface area contributed by atoms with E-state index in [1.807, 2.05) is 25.1 Å². The number of hydrogen-bond acceptors (Lipinski definition) is 5. The molecule has 1 aliphatic rings. The third-order valence-corrected chi connectivity index (χ3v) is 6.64. The number of rotatable bonds is 7. The van der Waals surface area contributed by atoms with Gasteiger partial charge in [0.15, 0.2) is 11.5 Å². The molecule has 34 heavy (non-hydrogen) atoms. The fourth-order valence-electron chi connectivity index (χ4n) is 3.65. The zero-order valence-electron chi connectivity index (χ0n) is 18.8. The Bertz CT molecular complexity index is 1290. The van der Waals surface area contributed by atoms with Gasteiger partial charge >= 0.3 is 0 Å². The van der Waals surface area contributed by atoms with Crippen molar-refractivity contribution in [1.29, 1.82) is 0 Å². The van der Waals surface area contributed by atoms with E-state index in [9.17, 15) is 17.6 Å². The number of anilines is 1. The van der Waals surface area contributed by atoms with Crippen LogP contribution in [0.1, 0.15) is 34.5 Å². The van der Waals surface area contributed by atoms with Crippen LogP contribution in [0.5, 0.6) is 11.5 Å². The van der Waals surface area contributed by atoms with E-state index in [0.29, 0.717) is 36.0 Å². The third kappa shape index (κ3) is 5.31. The van der Waals surface area contributed by atoms with Crippen LogP contribution in [-0.4, -0.2) is 33.8 Å². The van der Waals surface area contributed by atoms with Crippen LogP contribution in [0.2, 0.25) is 0 Å². The molecule has 9 heteroatoms. The van der Waals surface area contributed by atoms with Crippen LogP contribution in [0.15, 0.2) is 66.7 Å². The van der Waals surface area contributed by atoms with Gasteiger partial charge in [-0.2, -0.15) is 0 Å².